The second kappa shape index (κ2) is 4.97. The SMILES string of the molecule is Nc1cccc(Cl)c1Nc1c(F)c(F)cc(F)c1F. The molecule has 0 saturated carbocycles. The van der Waals surface area contributed by atoms with Crippen molar-refractivity contribution in [1.29, 1.82) is 0 Å². The van der Waals surface area contributed by atoms with Crippen molar-refractivity contribution >= 4 is 28.7 Å². The molecule has 0 aliphatic heterocycles. The molecular formula is C12H7ClF4N2. The zero-order valence-electron chi connectivity index (χ0n) is 9.28. The summed E-state index contributed by atoms with van der Waals surface area (Å²) in [5.41, 5.74) is 4.62. The molecule has 0 fully saturated rings. The summed E-state index contributed by atoms with van der Waals surface area (Å²) in [6, 6.07) is 4.46. The molecule has 2 aromatic rings. The summed E-state index contributed by atoms with van der Waals surface area (Å²) in [6.45, 7) is 0. The average Bonchev–Trinajstić information content (AvgIpc) is 2.35. The lowest BCUT2D eigenvalue weighted by molar-refractivity contribution is 0.459. The minimum Gasteiger partial charge on any atom is -0.397 e. The van der Waals surface area contributed by atoms with Gasteiger partial charge in [0.05, 0.1) is 16.4 Å². The highest BCUT2D eigenvalue weighted by Crippen LogP contribution is 2.34. The van der Waals surface area contributed by atoms with E-state index in [9.17, 15) is 17.6 Å². The largest absolute Gasteiger partial charge is 0.397 e. The summed E-state index contributed by atoms with van der Waals surface area (Å²) in [7, 11) is 0. The van der Waals surface area contributed by atoms with E-state index in [0.717, 1.165) is 0 Å². The Bertz CT molecular complexity index is 600. The third-order valence-electron chi connectivity index (χ3n) is 2.41. The van der Waals surface area contributed by atoms with Crippen LogP contribution < -0.4 is 11.1 Å². The first-order valence-corrected chi connectivity index (χ1v) is 5.43. The van der Waals surface area contributed by atoms with Crippen molar-refractivity contribution in [2.24, 2.45) is 0 Å². The second-order valence-electron chi connectivity index (χ2n) is 3.67. The van der Waals surface area contributed by atoms with Gasteiger partial charge in [-0.3, -0.25) is 0 Å². The number of anilines is 3. The number of hydrogen-bond acceptors (Lipinski definition) is 2. The molecule has 2 rings (SSSR count). The van der Waals surface area contributed by atoms with E-state index >= 15 is 0 Å². The number of hydrogen-bond donors (Lipinski definition) is 2. The molecule has 0 bridgehead atoms. The van der Waals surface area contributed by atoms with Gasteiger partial charge in [0.2, 0.25) is 0 Å². The van der Waals surface area contributed by atoms with Gasteiger partial charge in [-0.25, -0.2) is 17.6 Å². The van der Waals surface area contributed by atoms with Crippen LogP contribution in [0.3, 0.4) is 0 Å². The lowest BCUT2D eigenvalue weighted by atomic mass is 10.2. The van der Waals surface area contributed by atoms with Crippen molar-refractivity contribution in [2.45, 2.75) is 0 Å². The number of rotatable bonds is 2. The van der Waals surface area contributed by atoms with Gasteiger partial charge in [-0.05, 0) is 12.1 Å². The molecule has 2 aromatic carbocycles. The van der Waals surface area contributed by atoms with Crippen molar-refractivity contribution in [1.82, 2.24) is 0 Å². The Balaban J connectivity index is 2.56. The van der Waals surface area contributed by atoms with E-state index in [1.165, 1.54) is 18.2 Å². The second-order valence-corrected chi connectivity index (χ2v) is 4.08. The van der Waals surface area contributed by atoms with Gasteiger partial charge in [0.15, 0.2) is 23.3 Å². The fraction of sp³-hybridized carbons (Fsp3) is 0. The molecule has 19 heavy (non-hydrogen) atoms. The van der Waals surface area contributed by atoms with E-state index in [4.69, 9.17) is 17.3 Å². The van der Waals surface area contributed by atoms with Crippen molar-refractivity contribution < 1.29 is 17.6 Å². The molecule has 0 unspecified atom stereocenters. The highest BCUT2D eigenvalue weighted by atomic mass is 35.5. The van der Waals surface area contributed by atoms with E-state index in [0.29, 0.717) is 0 Å². The average molecular weight is 291 g/mol. The standard InChI is InChI=1S/C12H7ClF4N2/c13-5-2-1-3-8(18)11(5)19-12-9(16)6(14)4-7(15)10(12)17/h1-4,19H,18H2. The summed E-state index contributed by atoms with van der Waals surface area (Å²) in [6.07, 6.45) is 0. The van der Waals surface area contributed by atoms with Crippen molar-refractivity contribution in [3.8, 4) is 0 Å². The molecule has 2 nitrogen and oxygen atoms in total. The summed E-state index contributed by atoms with van der Waals surface area (Å²) < 4.78 is 53.0. The summed E-state index contributed by atoms with van der Waals surface area (Å²) >= 11 is 5.79. The first-order chi connectivity index (χ1) is 8.91. The van der Waals surface area contributed by atoms with Crippen LogP contribution in [0.25, 0.3) is 0 Å². The summed E-state index contributed by atoms with van der Waals surface area (Å²) in [5.74, 6) is -6.16. The van der Waals surface area contributed by atoms with Crippen LogP contribution in [0, 0.1) is 23.3 Å². The van der Waals surface area contributed by atoms with Gasteiger partial charge in [-0.2, -0.15) is 0 Å². The molecule has 0 amide bonds. The molecule has 3 N–H and O–H groups in total. The minimum atomic E-state index is -1.56. The van der Waals surface area contributed by atoms with Gasteiger partial charge < -0.3 is 11.1 Å². The van der Waals surface area contributed by atoms with Gasteiger partial charge in [-0.15, -0.1) is 0 Å². The third-order valence-corrected chi connectivity index (χ3v) is 2.72. The van der Waals surface area contributed by atoms with Gasteiger partial charge in [0.1, 0.15) is 5.69 Å². The number of para-hydroxylation sites is 1. The first-order valence-electron chi connectivity index (χ1n) is 5.05. The molecule has 0 aliphatic rings. The van der Waals surface area contributed by atoms with Crippen LogP contribution in [0.2, 0.25) is 5.02 Å². The molecule has 0 spiro atoms. The van der Waals surface area contributed by atoms with Crippen molar-refractivity contribution in [3.63, 3.8) is 0 Å². The van der Waals surface area contributed by atoms with Gasteiger partial charge in [0, 0.05) is 6.07 Å². The molecular weight excluding hydrogens is 284 g/mol. The van der Waals surface area contributed by atoms with Gasteiger partial charge >= 0.3 is 0 Å². The van der Waals surface area contributed by atoms with E-state index in [2.05, 4.69) is 5.32 Å². The molecule has 0 aliphatic carbocycles. The molecule has 0 saturated heterocycles. The van der Waals surface area contributed by atoms with E-state index < -0.39 is 29.0 Å². The minimum absolute atomic E-state index is 0.0352. The summed E-state index contributed by atoms with van der Waals surface area (Å²) in [4.78, 5) is 0. The highest BCUT2D eigenvalue weighted by molar-refractivity contribution is 6.34. The monoisotopic (exact) mass is 290 g/mol. The van der Waals surface area contributed by atoms with Crippen LogP contribution in [-0.4, -0.2) is 0 Å². The number of nitrogens with two attached hydrogens (primary N) is 1. The quantitative estimate of drug-likeness (QED) is 0.494. The Morgan fingerprint density at radius 3 is 2.05 bits per heavy atom. The number of nitrogens with one attached hydrogen (secondary N) is 1. The first kappa shape index (κ1) is 13.5. The fourth-order valence-corrected chi connectivity index (χ4v) is 1.71. The predicted octanol–water partition coefficient (Wildman–Crippen LogP) is 4.22. The lowest BCUT2D eigenvalue weighted by Crippen LogP contribution is -2.05. The van der Waals surface area contributed by atoms with E-state index in [1.54, 1.807) is 0 Å². The van der Waals surface area contributed by atoms with Crippen LogP contribution in [0.1, 0.15) is 0 Å². The smallest absolute Gasteiger partial charge is 0.185 e. The van der Waals surface area contributed by atoms with Crippen LogP contribution in [0.4, 0.5) is 34.6 Å². The summed E-state index contributed by atoms with van der Waals surface area (Å²) in [5, 5.41) is 2.23. The predicted molar refractivity (Wildman–Crippen MR) is 65.4 cm³/mol. The maximum Gasteiger partial charge on any atom is 0.185 e. The Morgan fingerprint density at radius 2 is 1.53 bits per heavy atom. The van der Waals surface area contributed by atoms with Crippen molar-refractivity contribution in [2.75, 3.05) is 11.1 Å². The number of benzene rings is 2. The molecule has 100 valence electrons. The van der Waals surface area contributed by atoms with Crippen molar-refractivity contribution in [3.05, 3.63) is 52.6 Å². The van der Waals surface area contributed by atoms with E-state index in [1.807, 2.05) is 0 Å². The number of nitrogen functional groups attached to an aromatic ring is 1. The molecule has 0 radical (unpaired) electrons. The van der Waals surface area contributed by atoms with Gasteiger partial charge in [-0.1, -0.05) is 17.7 Å². The molecule has 0 atom stereocenters. The van der Waals surface area contributed by atoms with Crippen LogP contribution in [-0.2, 0) is 0 Å². The Morgan fingerprint density at radius 1 is 0.947 bits per heavy atom. The number of halogens is 5. The molecule has 0 aromatic heterocycles. The zero-order valence-corrected chi connectivity index (χ0v) is 10.0. The van der Waals surface area contributed by atoms with Crippen LogP contribution in [0.5, 0.6) is 0 Å². The van der Waals surface area contributed by atoms with Gasteiger partial charge in [0.25, 0.3) is 0 Å². The maximum atomic E-state index is 13.5. The Labute approximate surface area is 110 Å². The third kappa shape index (κ3) is 2.44. The Hall–Kier alpha value is -1.95. The van der Waals surface area contributed by atoms with E-state index in [-0.39, 0.29) is 22.5 Å². The zero-order chi connectivity index (χ0) is 14.2. The highest BCUT2D eigenvalue weighted by Gasteiger charge is 2.20. The topological polar surface area (TPSA) is 38.0 Å². The lowest BCUT2D eigenvalue weighted by Gasteiger charge is -2.13. The normalized spacial score (nSPS) is 10.6. The van der Waals surface area contributed by atoms with Crippen LogP contribution >= 0.6 is 11.6 Å². The fourth-order valence-electron chi connectivity index (χ4n) is 1.48. The Kier molecular flexibility index (Phi) is 3.53. The molecule has 0 heterocycles. The molecule has 7 heteroatoms. The van der Waals surface area contributed by atoms with Crippen LogP contribution in [0.15, 0.2) is 24.3 Å². The maximum absolute atomic E-state index is 13.5.